The number of likely N-dealkylation sites (N-methyl/N-ethyl adjacent to an activating group) is 1. The van der Waals surface area contributed by atoms with E-state index in [1.807, 2.05) is 6.08 Å². The standard InChI is InChI=1S/C16H26N2/c1-5-9-18(4)13-16-8-6-7-15(10-16)12-17-11-14(2)3/h5-8,10,14,17H,1,9,11-13H2,2-4H3. The van der Waals surface area contributed by atoms with Crippen LogP contribution in [0, 0.1) is 5.92 Å². The average molecular weight is 246 g/mol. The molecule has 0 bridgehead atoms. The van der Waals surface area contributed by atoms with Crippen LogP contribution >= 0.6 is 0 Å². The van der Waals surface area contributed by atoms with E-state index in [2.05, 4.69) is 62.0 Å². The van der Waals surface area contributed by atoms with Gasteiger partial charge in [0.05, 0.1) is 0 Å². The molecule has 2 nitrogen and oxygen atoms in total. The van der Waals surface area contributed by atoms with E-state index in [0.29, 0.717) is 5.92 Å². The van der Waals surface area contributed by atoms with Gasteiger partial charge in [-0.15, -0.1) is 6.58 Å². The zero-order chi connectivity index (χ0) is 13.4. The van der Waals surface area contributed by atoms with Gasteiger partial charge in [0.1, 0.15) is 0 Å². The van der Waals surface area contributed by atoms with Crippen LogP contribution in [0.15, 0.2) is 36.9 Å². The van der Waals surface area contributed by atoms with Crippen LogP contribution in [0.5, 0.6) is 0 Å². The van der Waals surface area contributed by atoms with Gasteiger partial charge in [0.2, 0.25) is 0 Å². The van der Waals surface area contributed by atoms with Crippen molar-refractivity contribution in [2.45, 2.75) is 26.9 Å². The Morgan fingerprint density at radius 3 is 2.72 bits per heavy atom. The Hall–Kier alpha value is -1.12. The van der Waals surface area contributed by atoms with Crippen LogP contribution in [0.4, 0.5) is 0 Å². The van der Waals surface area contributed by atoms with Crippen LogP contribution < -0.4 is 5.32 Å². The van der Waals surface area contributed by atoms with E-state index in [-0.39, 0.29) is 0 Å². The minimum absolute atomic E-state index is 0.701. The maximum absolute atomic E-state index is 3.77. The molecule has 0 heterocycles. The molecule has 0 atom stereocenters. The second-order valence-electron chi connectivity index (χ2n) is 5.33. The molecule has 100 valence electrons. The Morgan fingerprint density at radius 2 is 2.06 bits per heavy atom. The number of hydrogen-bond acceptors (Lipinski definition) is 2. The minimum atomic E-state index is 0.701. The molecule has 0 saturated heterocycles. The molecule has 0 spiro atoms. The summed E-state index contributed by atoms with van der Waals surface area (Å²) in [6.45, 7) is 12.2. The Morgan fingerprint density at radius 1 is 1.33 bits per heavy atom. The highest BCUT2D eigenvalue weighted by Crippen LogP contribution is 2.07. The molecule has 1 aromatic rings. The van der Waals surface area contributed by atoms with Gasteiger partial charge in [-0.05, 0) is 30.6 Å². The van der Waals surface area contributed by atoms with E-state index in [4.69, 9.17) is 0 Å². The molecular formula is C16H26N2. The number of nitrogens with zero attached hydrogens (tertiary/aromatic N) is 1. The first kappa shape index (κ1) is 14.9. The molecule has 1 rings (SSSR count). The van der Waals surface area contributed by atoms with E-state index in [1.165, 1.54) is 11.1 Å². The van der Waals surface area contributed by atoms with Crippen molar-refractivity contribution in [2.75, 3.05) is 20.1 Å². The summed E-state index contributed by atoms with van der Waals surface area (Å²) < 4.78 is 0. The van der Waals surface area contributed by atoms with E-state index < -0.39 is 0 Å². The van der Waals surface area contributed by atoms with Crippen molar-refractivity contribution in [1.29, 1.82) is 0 Å². The lowest BCUT2D eigenvalue weighted by molar-refractivity contribution is 0.363. The maximum Gasteiger partial charge on any atom is 0.0234 e. The Labute approximate surface area is 112 Å². The SMILES string of the molecule is C=CCN(C)Cc1cccc(CNCC(C)C)c1. The summed E-state index contributed by atoms with van der Waals surface area (Å²) in [6.07, 6.45) is 1.94. The summed E-state index contributed by atoms with van der Waals surface area (Å²) in [5.41, 5.74) is 2.73. The van der Waals surface area contributed by atoms with E-state index in [9.17, 15) is 0 Å². The van der Waals surface area contributed by atoms with Crippen LogP contribution in [0.3, 0.4) is 0 Å². The molecule has 0 aromatic heterocycles. The maximum atomic E-state index is 3.77. The molecule has 1 aromatic carbocycles. The molecule has 0 aliphatic heterocycles. The fourth-order valence-electron chi connectivity index (χ4n) is 1.94. The summed E-state index contributed by atoms with van der Waals surface area (Å²) >= 11 is 0. The lowest BCUT2D eigenvalue weighted by Gasteiger charge is -2.15. The van der Waals surface area contributed by atoms with Gasteiger partial charge in [0.15, 0.2) is 0 Å². The molecule has 0 saturated carbocycles. The normalized spacial score (nSPS) is 11.2. The second-order valence-corrected chi connectivity index (χ2v) is 5.33. The highest BCUT2D eigenvalue weighted by atomic mass is 15.1. The van der Waals surface area contributed by atoms with Crippen LogP contribution in [0.2, 0.25) is 0 Å². The monoisotopic (exact) mass is 246 g/mol. The molecule has 2 heteroatoms. The third kappa shape index (κ3) is 5.99. The molecule has 0 aliphatic carbocycles. The predicted molar refractivity (Wildman–Crippen MR) is 79.5 cm³/mol. The van der Waals surface area contributed by atoms with Crippen molar-refractivity contribution in [2.24, 2.45) is 5.92 Å². The molecule has 0 unspecified atom stereocenters. The number of nitrogens with one attached hydrogen (secondary N) is 1. The van der Waals surface area contributed by atoms with Crippen molar-refractivity contribution < 1.29 is 0 Å². The summed E-state index contributed by atoms with van der Waals surface area (Å²) in [4.78, 5) is 2.26. The van der Waals surface area contributed by atoms with Gasteiger partial charge in [0, 0.05) is 19.6 Å². The third-order valence-corrected chi connectivity index (χ3v) is 2.77. The third-order valence-electron chi connectivity index (χ3n) is 2.77. The van der Waals surface area contributed by atoms with Gasteiger partial charge in [-0.25, -0.2) is 0 Å². The first-order valence-corrected chi connectivity index (χ1v) is 6.69. The fraction of sp³-hybridized carbons (Fsp3) is 0.500. The largest absolute Gasteiger partial charge is 0.312 e. The zero-order valence-electron chi connectivity index (χ0n) is 11.9. The van der Waals surface area contributed by atoms with Crippen molar-refractivity contribution in [3.05, 3.63) is 48.0 Å². The van der Waals surface area contributed by atoms with Gasteiger partial charge in [-0.2, -0.15) is 0 Å². The lowest BCUT2D eigenvalue weighted by Crippen LogP contribution is -2.20. The first-order valence-electron chi connectivity index (χ1n) is 6.69. The van der Waals surface area contributed by atoms with E-state index >= 15 is 0 Å². The lowest BCUT2D eigenvalue weighted by atomic mass is 10.1. The van der Waals surface area contributed by atoms with Crippen molar-refractivity contribution in [3.8, 4) is 0 Å². The summed E-state index contributed by atoms with van der Waals surface area (Å²) in [5, 5.41) is 3.48. The number of rotatable bonds is 8. The molecule has 18 heavy (non-hydrogen) atoms. The second kappa shape index (κ2) is 8.06. The summed E-state index contributed by atoms with van der Waals surface area (Å²) in [5.74, 6) is 0.701. The average Bonchev–Trinajstić information content (AvgIpc) is 2.29. The van der Waals surface area contributed by atoms with Crippen LogP contribution in [0.25, 0.3) is 0 Å². The van der Waals surface area contributed by atoms with E-state index in [0.717, 1.165) is 26.2 Å². The summed E-state index contributed by atoms with van der Waals surface area (Å²) in [6, 6.07) is 8.80. The Bertz CT molecular complexity index is 358. The molecule has 0 fully saturated rings. The van der Waals surface area contributed by atoms with Crippen molar-refractivity contribution >= 4 is 0 Å². The first-order chi connectivity index (χ1) is 8.61. The van der Waals surface area contributed by atoms with Crippen molar-refractivity contribution in [1.82, 2.24) is 10.2 Å². The summed E-state index contributed by atoms with van der Waals surface area (Å²) in [7, 11) is 2.12. The molecule has 0 radical (unpaired) electrons. The minimum Gasteiger partial charge on any atom is -0.312 e. The number of benzene rings is 1. The van der Waals surface area contributed by atoms with Crippen LogP contribution in [-0.2, 0) is 13.1 Å². The fourth-order valence-corrected chi connectivity index (χ4v) is 1.94. The Balaban J connectivity index is 2.48. The van der Waals surface area contributed by atoms with E-state index in [1.54, 1.807) is 0 Å². The predicted octanol–water partition coefficient (Wildman–Crippen LogP) is 3.05. The molecule has 1 N–H and O–H groups in total. The quantitative estimate of drug-likeness (QED) is 0.709. The number of hydrogen-bond donors (Lipinski definition) is 1. The van der Waals surface area contributed by atoms with Crippen LogP contribution in [-0.4, -0.2) is 25.0 Å². The van der Waals surface area contributed by atoms with Gasteiger partial charge in [0.25, 0.3) is 0 Å². The highest BCUT2D eigenvalue weighted by Gasteiger charge is 2.00. The van der Waals surface area contributed by atoms with Gasteiger partial charge >= 0.3 is 0 Å². The molecule has 0 amide bonds. The van der Waals surface area contributed by atoms with Gasteiger partial charge in [-0.3, -0.25) is 4.90 Å². The van der Waals surface area contributed by atoms with Gasteiger partial charge in [-0.1, -0.05) is 44.2 Å². The van der Waals surface area contributed by atoms with Crippen molar-refractivity contribution in [3.63, 3.8) is 0 Å². The zero-order valence-corrected chi connectivity index (χ0v) is 11.9. The Kier molecular flexibility index (Phi) is 6.69. The topological polar surface area (TPSA) is 15.3 Å². The molecule has 0 aliphatic rings. The van der Waals surface area contributed by atoms with Gasteiger partial charge < -0.3 is 5.32 Å². The molecular weight excluding hydrogens is 220 g/mol. The highest BCUT2D eigenvalue weighted by molar-refractivity contribution is 5.23. The smallest absolute Gasteiger partial charge is 0.0234 e. The van der Waals surface area contributed by atoms with Crippen LogP contribution in [0.1, 0.15) is 25.0 Å².